The normalized spacial score (nSPS) is 11.3. The Balaban J connectivity index is 3.03. The fraction of sp³-hybridized carbons (Fsp3) is 0.778. The Morgan fingerprint density at radius 3 is 2.00 bits per heavy atom. The van der Waals surface area contributed by atoms with Gasteiger partial charge in [0, 0.05) is 0 Å². The minimum absolute atomic E-state index is 0.0886. The van der Waals surface area contributed by atoms with Crippen LogP contribution in [0.3, 0.4) is 0 Å². The van der Waals surface area contributed by atoms with E-state index >= 15 is 0 Å². The van der Waals surface area contributed by atoms with Gasteiger partial charge in [-0.1, -0.05) is 5.92 Å². The highest BCUT2D eigenvalue weighted by Crippen LogP contribution is 2.13. The number of alkyl halides is 3. The van der Waals surface area contributed by atoms with Crippen LogP contribution >= 0.6 is 0 Å². The summed E-state index contributed by atoms with van der Waals surface area (Å²) >= 11 is 0. The summed E-state index contributed by atoms with van der Waals surface area (Å²) in [5.74, 6) is 2.27. The van der Waals surface area contributed by atoms with Crippen LogP contribution in [0.4, 0.5) is 13.2 Å². The van der Waals surface area contributed by atoms with Crippen LogP contribution in [-0.2, 0) is 14.2 Å². The van der Waals surface area contributed by atoms with E-state index in [0.717, 1.165) is 0 Å². The first-order valence-corrected chi connectivity index (χ1v) is 4.29. The molecule has 0 spiro atoms. The molecular weight excluding hydrogens is 213 g/mol. The number of terminal acetylenes is 1. The molecule has 0 aliphatic carbocycles. The molecular formula is C9H13F3O3. The Bertz CT molecular complexity index is 186. The van der Waals surface area contributed by atoms with E-state index in [1.807, 2.05) is 0 Å². The number of hydrogen-bond acceptors (Lipinski definition) is 3. The summed E-state index contributed by atoms with van der Waals surface area (Å²) in [6, 6.07) is 0. The van der Waals surface area contributed by atoms with Crippen molar-refractivity contribution >= 4 is 0 Å². The van der Waals surface area contributed by atoms with Crippen molar-refractivity contribution in [2.24, 2.45) is 0 Å². The highest BCUT2D eigenvalue weighted by Gasteiger charge is 2.27. The van der Waals surface area contributed by atoms with E-state index in [1.54, 1.807) is 0 Å². The predicted octanol–water partition coefficient (Wildman–Crippen LogP) is 1.23. The van der Waals surface area contributed by atoms with Gasteiger partial charge in [-0.05, 0) is 0 Å². The first-order chi connectivity index (χ1) is 7.06. The molecule has 0 saturated carbocycles. The van der Waals surface area contributed by atoms with Gasteiger partial charge in [0.1, 0.15) is 13.2 Å². The minimum atomic E-state index is -4.28. The molecule has 0 N–H and O–H groups in total. The molecule has 0 bridgehead atoms. The van der Waals surface area contributed by atoms with Gasteiger partial charge < -0.3 is 14.2 Å². The molecule has 0 amide bonds. The van der Waals surface area contributed by atoms with Gasteiger partial charge in [0.2, 0.25) is 0 Å². The smallest absolute Gasteiger partial charge is 0.377 e. The maximum atomic E-state index is 11.6. The lowest BCUT2D eigenvalue weighted by Crippen LogP contribution is -2.19. The summed E-state index contributed by atoms with van der Waals surface area (Å²) in [6.45, 7) is -0.414. The standard InChI is InChI=1S/C9H13F3O3/c1-2-3-13-4-5-14-6-7-15-8-9(10,11)12/h1H,3-8H2. The first kappa shape index (κ1) is 14.2. The van der Waals surface area contributed by atoms with Gasteiger partial charge in [-0.3, -0.25) is 0 Å². The minimum Gasteiger partial charge on any atom is -0.377 e. The van der Waals surface area contributed by atoms with Crippen molar-refractivity contribution in [3.63, 3.8) is 0 Å². The molecule has 0 fully saturated rings. The van der Waals surface area contributed by atoms with Crippen molar-refractivity contribution in [2.45, 2.75) is 6.18 Å². The zero-order chi connectivity index (χ0) is 11.6. The zero-order valence-corrected chi connectivity index (χ0v) is 8.18. The highest BCUT2D eigenvalue weighted by atomic mass is 19.4. The van der Waals surface area contributed by atoms with Gasteiger partial charge in [0.15, 0.2) is 0 Å². The molecule has 0 unspecified atom stereocenters. The summed E-state index contributed by atoms with van der Waals surface area (Å²) in [7, 11) is 0. The molecule has 0 heterocycles. The van der Waals surface area contributed by atoms with E-state index in [-0.39, 0.29) is 26.4 Å². The van der Waals surface area contributed by atoms with Crippen LogP contribution in [0.25, 0.3) is 0 Å². The van der Waals surface area contributed by atoms with Crippen molar-refractivity contribution in [1.29, 1.82) is 0 Å². The van der Waals surface area contributed by atoms with E-state index in [2.05, 4.69) is 10.7 Å². The Hall–Kier alpha value is -0.770. The van der Waals surface area contributed by atoms with E-state index in [4.69, 9.17) is 15.9 Å². The fourth-order valence-corrected chi connectivity index (χ4v) is 0.657. The first-order valence-electron chi connectivity index (χ1n) is 4.29. The van der Waals surface area contributed by atoms with Gasteiger partial charge in [-0.2, -0.15) is 13.2 Å². The summed E-state index contributed by atoms with van der Waals surface area (Å²) in [5, 5.41) is 0. The van der Waals surface area contributed by atoms with Crippen molar-refractivity contribution in [3.05, 3.63) is 0 Å². The summed E-state index contributed by atoms with van der Waals surface area (Å²) in [4.78, 5) is 0. The fourth-order valence-electron chi connectivity index (χ4n) is 0.657. The van der Waals surface area contributed by atoms with Crippen LogP contribution in [0.2, 0.25) is 0 Å². The van der Waals surface area contributed by atoms with Crippen LogP contribution in [0.5, 0.6) is 0 Å². The monoisotopic (exact) mass is 226 g/mol. The molecule has 0 aliphatic rings. The third-order valence-corrected chi connectivity index (χ3v) is 1.20. The third-order valence-electron chi connectivity index (χ3n) is 1.20. The molecule has 0 aliphatic heterocycles. The molecule has 0 rings (SSSR count). The van der Waals surface area contributed by atoms with E-state index in [1.165, 1.54) is 0 Å². The second kappa shape index (κ2) is 8.53. The van der Waals surface area contributed by atoms with Crippen LogP contribution < -0.4 is 0 Å². The highest BCUT2D eigenvalue weighted by molar-refractivity contribution is 4.82. The lowest BCUT2D eigenvalue weighted by Gasteiger charge is -2.07. The second-order valence-corrected chi connectivity index (χ2v) is 2.54. The Morgan fingerprint density at radius 2 is 1.47 bits per heavy atom. The number of ether oxygens (including phenoxy) is 3. The maximum absolute atomic E-state index is 11.6. The maximum Gasteiger partial charge on any atom is 0.411 e. The Kier molecular flexibility index (Phi) is 8.09. The van der Waals surface area contributed by atoms with Gasteiger partial charge in [0.25, 0.3) is 0 Å². The van der Waals surface area contributed by atoms with E-state index in [0.29, 0.717) is 6.61 Å². The molecule has 0 radical (unpaired) electrons. The Morgan fingerprint density at radius 1 is 0.933 bits per heavy atom. The predicted molar refractivity (Wildman–Crippen MR) is 47.3 cm³/mol. The zero-order valence-electron chi connectivity index (χ0n) is 8.18. The Labute approximate surface area is 86.5 Å². The van der Waals surface area contributed by atoms with Crippen LogP contribution in [0.1, 0.15) is 0 Å². The molecule has 15 heavy (non-hydrogen) atoms. The average molecular weight is 226 g/mol. The molecule has 0 aromatic rings. The summed E-state index contributed by atoms with van der Waals surface area (Å²) in [5.41, 5.74) is 0. The molecule has 0 aromatic carbocycles. The third kappa shape index (κ3) is 13.2. The van der Waals surface area contributed by atoms with Gasteiger partial charge in [-0.25, -0.2) is 0 Å². The lowest BCUT2D eigenvalue weighted by atomic mass is 10.6. The van der Waals surface area contributed by atoms with Gasteiger partial charge >= 0.3 is 6.18 Å². The van der Waals surface area contributed by atoms with Crippen LogP contribution in [0, 0.1) is 12.3 Å². The van der Waals surface area contributed by atoms with Gasteiger partial charge in [0.05, 0.1) is 26.4 Å². The van der Waals surface area contributed by atoms with Crippen molar-refractivity contribution in [3.8, 4) is 12.3 Å². The van der Waals surface area contributed by atoms with Crippen LogP contribution in [-0.4, -0.2) is 45.8 Å². The van der Waals surface area contributed by atoms with E-state index < -0.39 is 12.8 Å². The quantitative estimate of drug-likeness (QED) is 0.460. The number of rotatable bonds is 8. The van der Waals surface area contributed by atoms with Crippen molar-refractivity contribution in [2.75, 3.05) is 39.6 Å². The lowest BCUT2D eigenvalue weighted by molar-refractivity contribution is -0.176. The molecule has 0 aromatic heterocycles. The molecule has 88 valence electrons. The molecule has 6 heteroatoms. The average Bonchev–Trinajstić information content (AvgIpc) is 2.14. The van der Waals surface area contributed by atoms with Crippen molar-refractivity contribution in [1.82, 2.24) is 0 Å². The largest absolute Gasteiger partial charge is 0.411 e. The van der Waals surface area contributed by atoms with Crippen molar-refractivity contribution < 1.29 is 27.4 Å². The molecule has 0 atom stereocenters. The number of hydrogen-bond donors (Lipinski definition) is 0. The SMILES string of the molecule is C#CCOCCOCCOCC(F)(F)F. The molecule has 0 saturated heterocycles. The van der Waals surface area contributed by atoms with E-state index in [9.17, 15) is 13.2 Å². The van der Waals surface area contributed by atoms with Crippen LogP contribution in [0.15, 0.2) is 0 Å². The number of halogens is 3. The van der Waals surface area contributed by atoms with Gasteiger partial charge in [-0.15, -0.1) is 6.42 Å². The topological polar surface area (TPSA) is 27.7 Å². The second-order valence-electron chi connectivity index (χ2n) is 2.54. The summed E-state index contributed by atoms with van der Waals surface area (Å²) in [6.07, 6.45) is 0.626. The molecule has 3 nitrogen and oxygen atoms in total. The summed E-state index contributed by atoms with van der Waals surface area (Å²) < 4.78 is 48.8.